The smallest absolute Gasteiger partial charge is 0.146 e. The van der Waals surface area contributed by atoms with Crippen LogP contribution in [0.3, 0.4) is 0 Å². The topological polar surface area (TPSA) is 29.1 Å². The number of rotatable bonds is 6. The van der Waals surface area contributed by atoms with E-state index < -0.39 is 0 Å². The molecule has 66 valence electrons. The lowest BCUT2D eigenvalue weighted by molar-refractivity contribution is -0.118. The summed E-state index contributed by atoms with van der Waals surface area (Å²) < 4.78 is 0. The van der Waals surface area contributed by atoms with Crippen LogP contribution in [0.15, 0.2) is 0 Å². The average Bonchev–Trinajstić information content (AvgIpc) is 1.97. The number of carbonyl (C=O) groups is 1. The van der Waals surface area contributed by atoms with Crippen LogP contribution in [0.4, 0.5) is 0 Å². The van der Waals surface area contributed by atoms with Gasteiger partial charge in [-0.3, -0.25) is 4.79 Å². The molecule has 0 aromatic rings. The van der Waals surface area contributed by atoms with Gasteiger partial charge in [-0.05, 0) is 31.9 Å². The van der Waals surface area contributed by atoms with Crippen molar-refractivity contribution in [3.8, 4) is 0 Å². The summed E-state index contributed by atoms with van der Waals surface area (Å²) in [6.07, 6.45) is 0.949. The third-order valence-electron chi connectivity index (χ3n) is 1.59. The third-order valence-corrected chi connectivity index (χ3v) is 2.53. The number of ketones is 1. The Kier molecular flexibility index (Phi) is 6.66. The van der Waals surface area contributed by atoms with Gasteiger partial charge in [0.1, 0.15) is 5.78 Å². The van der Waals surface area contributed by atoms with Gasteiger partial charge in [0.2, 0.25) is 0 Å². The Morgan fingerprint density at radius 1 is 1.64 bits per heavy atom. The highest BCUT2D eigenvalue weighted by molar-refractivity contribution is 7.99. The van der Waals surface area contributed by atoms with Crippen molar-refractivity contribution in [2.45, 2.75) is 26.3 Å². The summed E-state index contributed by atoms with van der Waals surface area (Å²) in [6, 6.07) is 0.0639. The predicted molar refractivity (Wildman–Crippen MR) is 51.1 cm³/mol. The van der Waals surface area contributed by atoms with Crippen molar-refractivity contribution in [3.05, 3.63) is 0 Å². The van der Waals surface area contributed by atoms with E-state index in [1.807, 2.05) is 18.8 Å². The van der Waals surface area contributed by atoms with Crippen LogP contribution in [0.1, 0.15) is 20.3 Å². The van der Waals surface area contributed by atoms with Gasteiger partial charge >= 0.3 is 0 Å². The largest absolute Gasteiger partial charge is 0.311 e. The molecule has 1 N–H and O–H groups in total. The maximum absolute atomic E-state index is 10.9. The molecule has 0 rings (SSSR count). The maximum Gasteiger partial charge on any atom is 0.146 e. The summed E-state index contributed by atoms with van der Waals surface area (Å²) in [5.74, 6) is 2.44. The molecular formula is C8H17NOS. The lowest BCUT2D eigenvalue weighted by Crippen LogP contribution is -2.32. The monoisotopic (exact) mass is 175 g/mol. The van der Waals surface area contributed by atoms with Gasteiger partial charge in [-0.25, -0.2) is 0 Å². The molecule has 0 saturated heterocycles. The number of likely N-dealkylation sites (N-methyl/N-ethyl adjacent to an activating group) is 1. The van der Waals surface area contributed by atoms with E-state index in [0.29, 0.717) is 0 Å². The molecule has 0 aliphatic rings. The molecule has 0 aliphatic heterocycles. The van der Waals surface area contributed by atoms with E-state index in [0.717, 1.165) is 17.9 Å². The Morgan fingerprint density at radius 3 is 2.64 bits per heavy atom. The van der Waals surface area contributed by atoms with E-state index in [4.69, 9.17) is 0 Å². The minimum Gasteiger partial charge on any atom is -0.311 e. The Labute approximate surface area is 73.1 Å². The fourth-order valence-electron chi connectivity index (χ4n) is 0.896. The summed E-state index contributed by atoms with van der Waals surface area (Å²) in [5.41, 5.74) is 0. The molecule has 0 aromatic carbocycles. The first-order valence-electron chi connectivity index (χ1n) is 3.97. The summed E-state index contributed by atoms with van der Waals surface area (Å²) in [4.78, 5) is 10.9. The zero-order valence-electron chi connectivity index (χ0n) is 7.52. The van der Waals surface area contributed by atoms with Crippen LogP contribution >= 0.6 is 11.8 Å². The fraction of sp³-hybridized carbons (Fsp3) is 0.875. The molecule has 0 heterocycles. The summed E-state index contributed by atoms with van der Waals surface area (Å²) in [6.45, 7) is 3.77. The summed E-state index contributed by atoms with van der Waals surface area (Å²) in [7, 11) is 1.84. The highest BCUT2D eigenvalue weighted by Gasteiger charge is 2.09. The molecule has 0 bridgehead atoms. The quantitative estimate of drug-likeness (QED) is 0.617. The highest BCUT2D eigenvalue weighted by atomic mass is 32.2. The molecule has 0 saturated carbocycles. The fourth-order valence-corrected chi connectivity index (χ4v) is 1.59. The van der Waals surface area contributed by atoms with Gasteiger partial charge in [-0.1, -0.05) is 6.92 Å². The SMILES string of the molecule is CCSCCC(NC)C(C)=O. The second-order valence-corrected chi connectivity index (χ2v) is 3.83. The van der Waals surface area contributed by atoms with Gasteiger partial charge in [0.15, 0.2) is 0 Å². The van der Waals surface area contributed by atoms with E-state index >= 15 is 0 Å². The summed E-state index contributed by atoms with van der Waals surface area (Å²) >= 11 is 1.88. The Balaban J connectivity index is 3.44. The van der Waals surface area contributed by atoms with Gasteiger partial charge in [0.25, 0.3) is 0 Å². The van der Waals surface area contributed by atoms with Crippen molar-refractivity contribution in [2.75, 3.05) is 18.6 Å². The van der Waals surface area contributed by atoms with Crippen LogP contribution in [-0.2, 0) is 4.79 Å². The van der Waals surface area contributed by atoms with Gasteiger partial charge in [0, 0.05) is 0 Å². The van der Waals surface area contributed by atoms with Crippen LogP contribution < -0.4 is 5.32 Å². The molecular weight excluding hydrogens is 158 g/mol. The predicted octanol–water partition coefficient (Wildman–Crippen LogP) is 1.31. The van der Waals surface area contributed by atoms with Crippen molar-refractivity contribution < 1.29 is 4.79 Å². The first kappa shape index (κ1) is 11.0. The number of Topliss-reactive ketones (excluding diaryl/α,β-unsaturated/α-hetero) is 1. The van der Waals surface area contributed by atoms with Crippen molar-refractivity contribution in [1.82, 2.24) is 5.32 Å². The standard InChI is InChI=1S/C8H17NOS/c1-4-11-6-5-8(9-3)7(2)10/h8-9H,4-6H2,1-3H3. The zero-order chi connectivity index (χ0) is 8.69. The van der Waals surface area contributed by atoms with Crippen LogP contribution in [0.25, 0.3) is 0 Å². The van der Waals surface area contributed by atoms with Crippen LogP contribution in [-0.4, -0.2) is 30.4 Å². The number of nitrogens with one attached hydrogen (secondary N) is 1. The van der Waals surface area contributed by atoms with Crippen molar-refractivity contribution >= 4 is 17.5 Å². The lowest BCUT2D eigenvalue weighted by atomic mass is 10.1. The molecule has 11 heavy (non-hydrogen) atoms. The Morgan fingerprint density at radius 2 is 2.27 bits per heavy atom. The average molecular weight is 175 g/mol. The minimum absolute atomic E-state index is 0.0639. The second kappa shape index (κ2) is 6.68. The molecule has 0 aromatic heterocycles. The maximum atomic E-state index is 10.9. The van der Waals surface area contributed by atoms with Crippen molar-refractivity contribution in [2.24, 2.45) is 0 Å². The third kappa shape index (κ3) is 5.27. The Hall–Kier alpha value is -0.0200. The van der Waals surface area contributed by atoms with Crippen LogP contribution in [0.5, 0.6) is 0 Å². The van der Waals surface area contributed by atoms with E-state index in [2.05, 4.69) is 12.2 Å². The normalized spacial score (nSPS) is 13.0. The Bertz CT molecular complexity index is 117. The number of hydrogen-bond donors (Lipinski definition) is 1. The number of carbonyl (C=O) groups excluding carboxylic acids is 1. The molecule has 0 radical (unpaired) electrons. The number of thioether (sulfide) groups is 1. The van der Waals surface area contributed by atoms with E-state index in [1.165, 1.54) is 0 Å². The molecule has 0 aliphatic carbocycles. The first-order chi connectivity index (χ1) is 5.22. The molecule has 3 heteroatoms. The number of hydrogen-bond acceptors (Lipinski definition) is 3. The molecule has 2 nitrogen and oxygen atoms in total. The highest BCUT2D eigenvalue weighted by Crippen LogP contribution is 2.04. The van der Waals surface area contributed by atoms with Gasteiger partial charge < -0.3 is 5.32 Å². The van der Waals surface area contributed by atoms with Crippen molar-refractivity contribution in [1.29, 1.82) is 0 Å². The molecule has 0 fully saturated rings. The van der Waals surface area contributed by atoms with Gasteiger partial charge in [-0.2, -0.15) is 11.8 Å². The van der Waals surface area contributed by atoms with Gasteiger partial charge in [-0.15, -0.1) is 0 Å². The van der Waals surface area contributed by atoms with E-state index in [-0.39, 0.29) is 11.8 Å². The van der Waals surface area contributed by atoms with Crippen LogP contribution in [0.2, 0.25) is 0 Å². The lowest BCUT2D eigenvalue weighted by Gasteiger charge is -2.10. The molecule has 1 atom stereocenters. The first-order valence-corrected chi connectivity index (χ1v) is 5.13. The van der Waals surface area contributed by atoms with Crippen LogP contribution in [0, 0.1) is 0 Å². The second-order valence-electron chi connectivity index (χ2n) is 2.44. The zero-order valence-corrected chi connectivity index (χ0v) is 8.33. The van der Waals surface area contributed by atoms with Gasteiger partial charge in [0.05, 0.1) is 6.04 Å². The van der Waals surface area contributed by atoms with E-state index in [9.17, 15) is 4.79 Å². The minimum atomic E-state index is 0.0639. The molecule has 0 spiro atoms. The van der Waals surface area contributed by atoms with E-state index in [1.54, 1.807) is 6.92 Å². The molecule has 1 unspecified atom stereocenters. The van der Waals surface area contributed by atoms with Crippen molar-refractivity contribution in [3.63, 3.8) is 0 Å². The molecule has 0 amide bonds. The summed E-state index contributed by atoms with van der Waals surface area (Å²) in [5, 5.41) is 3.00.